The number of esters is 1. The maximum atomic E-state index is 13.2. The summed E-state index contributed by atoms with van der Waals surface area (Å²) in [5.74, 6) is -1.92. The number of thiol groups is 1. The molecule has 1 aromatic heterocycles. The Labute approximate surface area is 752 Å². The van der Waals surface area contributed by atoms with Crippen molar-refractivity contribution in [2.45, 2.75) is 131 Å². The number of hydrogen-bond acceptors (Lipinski definition) is 23. The lowest BCUT2D eigenvalue weighted by molar-refractivity contribution is -0.145. The number of ketones is 1. The van der Waals surface area contributed by atoms with Gasteiger partial charge in [-0.2, -0.15) is 10.5 Å². The van der Waals surface area contributed by atoms with Crippen LogP contribution in [0.3, 0.4) is 0 Å². The Morgan fingerprint density at radius 1 is 0.536 bits per heavy atom. The molecule has 9 rings (SSSR count). The Bertz CT molecular complexity index is 4960. The molecule has 27 nitrogen and oxygen atoms in total. The number of Topliss-reactive ketones (excluding diaryl/α,β-unsaturated/α-hetero) is 1. The lowest BCUT2D eigenvalue weighted by atomic mass is 10.0. The van der Waals surface area contributed by atoms with Gasteiger partial charge in [0.05, 0.1) is 24.1 Å². The molecule has 125 heavy (non-hydrogen) atoms. The molecule has 1 heterocycles. The first kappa shape index (κ1) is 108. The lowest BCUT2D eigenvalue weighted by Gasteiger charge is -2.15. The quantitative estimate of drug-likeness (QED) is 0.00335. The number of hydrogen-bond donors (Lipinski definition) is 9. The van der Waals surface area contributed by atoms with E-state index in [4.69, 9.17) is 79.0 Å². The number of amides is 6. The highest BCUT2D eigenvalue weighted by atomic mass is 79.9. The number of aryl methyl sites for hydroxylation is 1. The van der Waals surface area contributed by atoms with Crippen molar-refractivity contribution in [2.75, 3.05) is 39.4 Å². The summed E-state index contributed by atoms with van der Waals surface area (Å²) in [5.41, 5.74) is 16.1. The van der Waals surface area contributed by atoms with Gasteiger partial charge in [-0.1, -0.05) is 137 Å². The molecule has 10 N–H and O–H groups in total. The van der Waals surface area contributed by atoms with E-state index in [0.717, 1.165) is 55.6 Å². The molecule has 5 atom stereocenters. The van der Waals surface area contributed by atoms with Gasteiger partial charge < -0.3 is 81.0 Å². The summed E-state index contributed by atoms with van der Waals surface area (Å²) in [6.07, 6.45) is 2.18. The number of alkyl halides is 1. The van der Waals surface area contributed by atoms with E-state index < -0.39 is 53.3 Å². The second kappa shape index (κ2) is 60.9. The summed E-state index contributed by atoms with van der Waals surface area (Å²) < 4.78 is 93.9. The predicted molar refractivity (Wildman–Crippen MR) is 482 cm³/mol. The zero-order valence-electron chi connectivity index (χ0n) is 70.0. The van der Waals surface area contributed by atoms with Crippen molar-refractivity contribution in [3.8, 4) is 35.1 Å². The van der Waals surface area contributed by atoms with Crippen LogP contribution >= 0.6 is 57.2 Å². The summed E-state index contributed by atoms with van der Waals surface area (Å²) in [5, 5.41) is 35.1. The van der Waals surface area contributed by atoms with E-state index in [1.165, 1.54) is 87.6 Å². The topological polar surface area (TPSA) is 395 Å². The van der Waals surface area contributed by atoms with Crippen LogP contribution in [0.15, 0.2) is 206 Å². The average molecular weight is 1880 g/mol. The van der Waals surface area contributed by atoms with Gasteiger partial charge in [0.15, 0.2) is 24.2 Å². The molecule has 5 unspecified atom stereocenters. The molecule has 0 fully saturated rings. The van der Waals surface area contributed by atoms with Crippen LogP contribution in [0.5, 0.6) is 23.0 Å². The van der Waals surface area contributed by atoms with Crippen LogP contribution in [0, 0.1) is 45.9 Å². The number of carbonyl (C=O) groups excluding carboxylic acids is 8. The van der Waals surface area contributed by atoms with Crippen molar-refractivity contribution in [3.05, 3.63) is 278 Å². The van der Waals surface area contributed by atoms with Crippen LogP contribution in [-0.4, -0.2) is 121 Å². The number of nitrogens with zero attached hydrogens (tertiary/aromatic N) is 3. The van der Waals surface area contributed by atoms with Crippen molar-refractivity contribution in [2.24, 2.45) is 11.5 Å². The summed E-state index contributed by atoms with van der Waals surface area (Å²) >= 11 is 18.2. The second-order valence-electron chi connectivity index (χ2n) is 25.9. The van der Waals surface area contributed by atoms with Crippen LogP contribution in [0.1, 0.15) is 104 Å². The van der Waals surface area contributed by atoms with Crippen LogP contribution in [-0.2, 0) is 121 Å². The number of ether oxygens (including phenoxy) is 7. The van der Waals surface area contributed by atoms with Gasteiger partial charge in [-0.15, -0.1) is 23.6 Å². The first-order chi connectivity index (χ1) is 59.6. The van der Waals surface area contributed by atoms with Crippen LogP contribution in [0.25, 0.3) is 0 Å². The Kier molecular flexibility index (Phi) is 52.4. The molecule has 0 aliphatic heterocycles. The van der Waals surface area contributed by atoms with Gasteiger partial charge in [0.1, 0.15) is 94.2 Å². The fourth-order valence-electron chi connectivity index (χ4n) is 9.78. The highest BCUT2D eigenvalue weighted by molar-refractivity contribution is 9.09. The van der Waals surface area contributed by atoms with Crippen LogP contribution in [0.2, 0.25) is 0 Å². The monoisotopic (exact) mass is 1880 g/mol. The second-order valence-corrected chi connectivity index (χ2v) is 35.1. The van der Waals surface area contributed by atoms with Crippen LogP contribution < -0.4 is 62.3 Å². The predicted octanol–water partition coefficient (Wildman–Crippen LogP) is 13.4. The van der Waals surface area contributed by atoms with Crippen molar-refractivity contribution in [3.63, 3.8) is 0 Å². The fourth-order valence-corrected chi connectivity index (χ4v) is 12.3. The molecule has 8 aromatic carbocycles. The van der Waals surface area contributed by atoms with E-state index in [0.29, 0.717) is 55.0 Å². The normalized spacial score (nSPS) is 11.5. The third-order valence-corrected chi connectivity index (χ3v) is 18.7. The van der Waals surface area contributed by atoms with E-state index in [2.05, 4.69) is 69.8 Å². The van der Waals surface area contributed by atoms with Gasteiger partial charge in [-0.25, -0.2) is 27.3 Å². The maximum Gasteiger partial charge on any atom is 0.343 e. The number of thiocarbonyl (C=S) groups is 1. The Balaban J connectivity index is 0.000000396. The number of nitrogens with one attached hydrogen (secondary N) is 6. The third-order valence-electron chi connectivity index (χ3n) is 15.7. The molecule has 0 aliphatic rings. The van der Waals surface area contributed by atoms with Crippen molar-refractivity contribution >= 4 is 121 Å². The molecule has 9 aromatic rings. The molecule has 37 heteroatoms. The van der Waals surface area contributed by atoms with E-state index in [9.17, 15) is 55.9 Å². The van der Waals surface area contributed by atoms with Crippen molar-refractivity contribution in [1.29, 1.82) is 10.5 Å². The van der Waals surface area contributed by atoms with E-state index in [-0.39, 0.29) is 97.4 Å². The number of benzene rings is 8. The highest BCUT2D eigenvalue weighted by Crippen LogP contribution is 2.47. The maximum absolute atomic E-state index is 13.2. The van der Waals surface area contributed by atoms with Crippen molar-refractivity contribution < 1.29 is 93.6 Å². The Morgan fingerprint density at radius 3 is 1.19 bits per heavy atom. The minimum absolute atomic E-state index is 0.0451. The number of nitriles is 2. The molecular weight excluding hydrogens is 1780 g/mol. The van der Waals surface area contributed by atoms with E-state index in [1.54, 1.807) is 136 Å². The summed E-state index contributed by atoms with van der Waals surface area (Å²) in [4.78, 5) is 95.4. The first-order valence-corrected chi connectivity index (χ1v) is 44.8. The SMILES string of the molecule is CC(=O)NC(C#N)C(=O)NCc1ccc(OCc2cccc(F)c2)cc1.CC(=O)NC(C(=O)CCc1ccc(OCc2cccc(F)c2)cc1)C(N)=S.CC(=O)NC(C(=O)NCc1ccc(OCc2cccc(F)c2)cc1)c1nccs1.CCOC(=O)C(C#N)NC(C)=O.CCOP(C)(=S)S.COC(CBr)OC.NCc1ccc(OCc2cccc(F)c2)cc1. The lowest BCUT2D eigenvalue weighted by Crippen LogP contribution is -2.48. The minimum atomic E-state index is -1.64. The highest BCUT2D eigenvalue weighted by Gasteiger charge is 2.25. The van der Waals surface area contributed by atoms with E-state index in [1.807, 2.05) is 68.2 Å². The molecule has 0 aliphatic carbocycles. The molecule has 0 saturated heterocycles. The fraction of sp³-hybridized carbons (Fsp3) is 0.295. The Morgan fingerprint density at radius 2 is 0.904 bits per heavy atom. The number of aromatic nitrogens is 1. The number of nitrogens with two attached hydrogens (primary N) is 2. The standard InChI is InChI=1S/C21H20FN3O3S.C20H21FN2O3S.C19H18FN3O3.C14H14FNO.C7H10N2O3.C4H9BrO2.C3H9OPS2/c1-14(26)25-19(21-23-9-10-29-21)20(27)24-12-15-5-7-18(8-6-15)28-13-16-3-2-4-17(22)11-16;1-13(24)23-19(20(22)27)18(25)10-7-14-5-8-17(9-6-14)26-12-15-3-2-4-16(21)11-15;1-13(24)23-18(10-21)19(25)22-11-14-5-7-17(8-6-14)26-12-15-3-2-4-16(20)9-15;15-13-3-1-2-12(8-13)10-17-14-6-4-11(9-16)5-7-14;1-3-12-7(11)6(4-8)9-5(2)10;1-6-4(3-5)7-2;1-3-4-5(2,6)7/h2-11,19H,12-13H2,1H3,(H,24,27)(H,25,26);2-6,8-9,11,19H,7,10,12H2,1H3,(H2,22,27)(H,23,24);2-9,18H,11-12H2,1H3,(H,22,25)(H,23,24);1-8H,9-10,16H2;6H,3H2,1-2H3,(H,9,10);4H,3H2,1-2H3;3H2,1-2H3,(H,6,7). The number of thiazole rings is 1. The summed E-state index contributed by atoms with van der Waals surface area (Å²) in [7, 11) is 3.21. The third kappa shape index (κ3) is 47.8. The molecule has 6 amide bonds. The number of carbonyl (C=O) groups is 8. The largest absolute Gasteiger partial charge is 0.489 e. The number of methoxy groups -OCH3 is 2. The first-order valence-electron chi connectivity index (χ1n) is 38.1. The zero-order valence-corrected chi connectivity index (χ0v) is 75.9. The van der Waals surface area contributed by atoms with Gasteiger partial charge in [0.25, 0.3) is 5.91 Å². The molecule has 668 valence electrons. The Hall–Kier alpha value is -11.5. The molecule has 0 saturated carbocycles. The molecule has 0 radical (unpaired) electrons. The molecule has 0 bridgehead atoms. The van der Waals surface area contributed by atoms with Crippen LogP contribution in [0.4, 0.5) is 17.6 Å². The molecule has 0 spiro atoms. The molecular formula is C88H101BrF4N11O16PS4. The minimum Gasteiger partial charge on any atom is -0.489 e. The zero-order chi connectivity index (χ0) is 92.7. The summed E-state index contributed by atoms with van der Waals surface area (Å²) in [6.45, 7) is 13.5. The number of rotatable bonds is 36. The van der Waals surface area contributed by atoms with Gasteiger partial charge >= 0.3 is 5.97 Å². The van der Waals surface area contributed by atoms with Gasteiger partial charge in [0.2, 0.25) is 35.6 Å². The van der Waals surface area contributed by atoms with Gasteiger partial charge in [0, 0.05) is 86.2 Å². The average Bonchev–Trinajstić information content (AvgIpc) is 1.83. The van der Waals surface area contributed by atoms with E-state index >= 15 is 0 Å². The number of halogens is 5. The summed E-state index contributed by atoms with van der Waals surface area (Å²) in [6, 6.07) is 53.3. The van der Waals surface area contributed by atoms with Gasteiger partial charge in [-0.3, -0.25) is 33.6 Å². The van der Waals surface area contributed by atoms with Gasteiger partial charge in [-0.05, 0) is 169 Å². The smallest absolute Gasteiger partial charge is 0.343 e. The van der Waals surface area contributed by atoms with Crippen molar-refractivity contribution in [1.82, 2.24) is 36.9 Å².